The predicted octanol–water partition coefficient (Wildman–Crippen LogP) is 1.74. The second-order valence-corrected chi connectivity index (χ2v) is 16.4. The van der Waals surface area contributed by atoms with Crippen LogP contribution < -0.4 is 32.3 Å². The summed E-state index contributed by atoms with van der Waals surface area (Å²) in [6.07, 6.45) is -5.33. The van der Waals surface area contributed by atoms with E-state index in [9.17, 15) is 52.2 Å². The van der Waals surface area contributed by atoms with Crippen LogP contribution in [0.2, 0.25) is 0 Å². The normalized spacial score (nSPS) is 15.0. The smallest absolute Gasteiger partial charge is 0.481 e. The monoisotopic (exact) mass is 860 g/mol. The maximum Gasteiger partial charge on any atom is 0.490 e. The molecule has 0 bridgehead atoms. The van der Waals surface area contributed by atoms with E-state index in [0.717, 1.165) is 0 Å². The number of aliphatic hydroxyl groups is 2. The van der Waals surface area contributed by atoms with Crippen LogP contribution in [0.3, 0.4) is 0 Å². The first-order chi connectivity index (χ1) is 26.9. The number of nitrogens with one attached hydrogen (secondary N) is 5. The Balaban J connectivity index is -0.000000930. The first-order valence-electron chi connectivity index (χ1n) is 20.1. The van der Waals surface area contributed by atoms with Gasteiger partial charge >= 0.3 is 18.1 Å². The van der Waals surface area contributed by atoms with Crippen LogP contribution >= 0.6 is 0 Å². The number of quaternary nitrogens is 1. The van der Waals surface area contributed by atoms with Gasteiger partial charge in [-0.25, -0.2) is 4.79 Å². The minimum atomic E-state index is -5.08. The second kappa shape index (κ2) is 30.1. The van der Waals surface area contributed by atoms with Crippen LogP contribution in [0.1, 0.15) is 122 Å². The molecule has 0 aliphatic rings. The number of carbonyl (C=O) groups is 7. The van der Waals surface area contributed by atoms with Gasteiger partial charge in [0, 0.05) is 19.3 Å². The van der Waals surface area contributed by atoms with Gasteiger partial charge < -0.3 is 52.7 Å². The largest absolute Gasteiger partial charge is 0.490 e. The number of carbonyl (C=O) groups excluding carboxylic acids is 5. The summed E-state index contributed by atoms with van der Waals surface area (Å²) in [5.74, 6) is -5.02. The van der Waals surface area contributed by atoms with E-state index in [-0.39, 0.29) is 59.8 Å². The zero-order valence-corrected chi connectivity index (χ0v) is 36.9. The van der Waals surface area contributed by atoms with Crippen molar-refractivity contribution in [2.45, 2.75) is 170 Å². The van der Waals surface area contributed by atoms with Gasteiger partial charge in [-0.15, -0.1) is 0 Å². The molecule has 5 amide bonds. The molecule has 59 heavy (non-hydrogen) atoms. The number of hydrogen-bond donors (Lipinski definition) is 10. The number of halogens is 3. The Hall–Kier alpha value is -4.04. The van der Waals surface area contributed by atoms with Gasteiger partial charge in [0.15, 0.2) is 0 Å². The first kappa shape index (κ1) is 59.3. The van der Waals surface area contributed by atoms with Gasteiger partial charge in [0.2, 0.25) is 29.5 Å². The lowest BCUT2D eigenvalue weighted by Crippen LogP contribution is -2.58. The van der Waals surface area contributed by atoms with Gasteiger partial charge in [0.05, 0.1) is 37.3 Å². The lowest BCUT2D eigenvalue weighted by molar-refractivity contribution is -0.368. The Morgan fingerprint density at radius 3 is 1.37 bits per heavy atom. The van der Waals surface area contributed by atoms with E-state index in [1.54, 1.807) is 13.8 Å². The second-order valence-electron chi connectivity index (χ2n) is 16.4. The minimum Gasteiger partial charge on any atom is -0.481 e. The highest BCUT2D eigenvalue weighted by molar-refractivity contribution is 5.92. The summed E-state index contributed by atoms with van der Waals surface area (Å²) in [6.45, 7) is 23.0. The number of hydrogen-bond acceptors (Lipinski definition) is 9. The molecule has 0 radical (unpaired) electrons. The maximum absolute atomic E-state index is 12.9. The van der Waals surface area contributed by atoms with Crippen LogP contribution in [0.4, 0.5) is 13.2 Å². The lowest BCUT2D eigenvalue weighted by atomic mass is 9.96. The third-order valence-corrected chi connectivity index (χ3v) is 8.35. The number of aliphatic carboxylic acids is 2. The Labute approximate surface area is 347 Å². The van der Waals surface area contributed by atoms with Crippen LogP contribution in [0.25, 0.3) is 0 Å². The molecule has 0 aliphatic carbocycles. The van der Waals surface area contributed by atoms with Crippen LogP contribution in [-0.4, -0.2) is 117 Å². The van der Waals surface area contributed by atoms with E-state index in [4.69, 9.17) is 15.0 Å². The van der Waals surface area contributed by atoms with Crippen molar-refractivity contribution in [1.29, 1.82) is 0 Å². The summed E-state index contributed by atoms with van der Waals surface area (Å²) >= 11 is 0. The third kappa shape index (κ3) is 28.9. The zero-order chi connectivity index (χ0) is 47.0. The molecule has 17 nitrogen and oxygen atoms in total. The van der Waals surface area contributed by atoms with Crippen molar-refractivity contribution in [3.63, 3.8) is 0 Å². The number of carboxylic acid groups (broad SMARTS) is 2. The summed E-state index contributed by atoms with van der Waals surface area (Å²) in [5, 5.41) is 49.7. The van der Waals surface area contributed by atoms with Crippen molar-refractivity contribution >= 4 is 41.5 Å². The molecule has 0 spiro atoms. The Kier molecular flexibility index (Phi) is 30.2. The van der Waals surface area contributed by atoms with Crippen molar-refractivity contribution in [2.24, 2.45) is 29.6 Å². The number of amides is 5. The lowest BCUT2D eigenvalue weighted by Gasteiger charge is -2.30. The summed E-state index contributed by atoms with van der Waals surface area (Å²) in [7, 11) is 0. The Morgan fingerprint density at radius 2 is 1.02 bits per heavy atom. The van der Waals surface area contributed by atoms with E-state index in [1.165, 1.54) is 0 Å². The molecule has 7 atom stereocenters. The van der Waals surface area contributed by atoms with Crippen LogP contribution in [-0.2, 0) is 33.6 Å². The van der Waals surface area contributed by atoms with Crippen molar-refractivity contribution in [1.82, 2.24) is 26.6 Å². The zero-order valence-electron chi connectivity index (χ0n) is 36.9. The summed E-state index contributed by atoms with van der Waals surface area (Å²) < 4.78 is 31.7. The quantitative estimate of drug-likeness (QED) is 0.0706. The molecule has 0 fully saturated rings. The molecule has 0 aromatic carbocycles. The molecule has 0 aromatic heterocycles. The van der Waals surface area contributed by atoms with Crippen molar-refractivity contribution in [3.05, 3.63) is 0 Å². The van der Waals surface area contributed by atoms with E-state index < -0.39 is 66.8 Å². The molecule has 0 aliphatic heterocycles. The molecule has 12 N–H and O–H groups in total. The van der Waals surface area contributed by atoms with Gasteiger partial charge in [-0.1, -0.05) is 76.2 Å². The fourth-order valence-corrected chi connectivity index (χ4v) is 5.27. The summed E-state index contributed by atoms with van der Waals surface area (Å²) in [6, 6.07) is -3.25. The van der Waals surface area contributed by atoms with Crippen LogP contribution in [0.15, 0.2) is 0 Å². The maximum atomic E-state index is 12.9. The number of alkyl halides is 3. The SMILES string of the molecule is CC(C)CC(=O)N[C@H](C(=O)N[C@H](C(=O)N[C@@H](CC(C)C)[C@H](C)O)C(C)C)C(C)C.CCC(=O)N[C@@H](CC[NH3+])C(=O)N[C@@H](CC(C)C)[C@@H](O)CC(=O)O.O=C(O)C(F)(F)F. The Morgan fingerprint density at radius 1 is 0.593 bits per heavy atom. The first-order valence-corrected chi connectivity index (χ1v) is 20.1. The fourth-order valence-electron chi connectivity index (χ4n) is 5.27. The van der Waals surface area contributed by atoms with Gasteiger partial charge in [0.1, 0.15) is 18.1 Å². The van der Waals surface area contributed by atoms with Gasteiger partial charge in [0.25, 0.3) is 0 Å². The van der Waals surface area contributed by atoms with Crippen molar-refractivity contribution in [2.75, 3.05) is 6.54 Å². The molecular weight excluding hydrogens is 785 g/mol. The van der Waals surface area contributed by atoms with Gasteiger partial charge in [-0.3, -0.25) is 28.8 Å². The highest BCUT2D eigenvalue weighted by Gasteiger charge is 2.38. The average Bonchev–Trinajstić information content (AvgIpc) is 3.07. The average molecular weight is 860 g/mol. The molecule has 0 saturated carbocycles. The Bertz CT molecular complexity index is 1300. The molecule has 0 aromatic rings. The predicted molar refractivity (Wildman–Crippen MR) is 214 cm³/mol. The van der Waals surface area contributed by atoms with E-state index in [2.05, 4.69) is 32.3 Å². The fraction of sp³-hybridized carbons (Fsp3) is 0.821. The molecule has 0 unspecified atom stereocenters. The van der Waals surface area contributed by atoms with E-state index in [0.29, 0.717) is 38.1 Å². The van der Waals surface area contributed by atoms with Crippen molar-refractivity contribution < 1.29 is 72.9 Å². The summed E-state index contributed by atoms with van der Waals surface area (Å²) in [4.78, 5) is 81.4. The molecule has 0 saturated heterocycles. The van der Waals surface area contributed by atoms with Crippen LogP contribution in [0, 0.1) is 29.6 Å². The number of aliphatic hydroxyl groups excluding tert-OH is 2. The van der Waals surface area contributed by atoms with Crippen molar-refractivity contribution in [3.8, 4) is 0 Å². The topological polar surface area (TPSA) is 288 Å². The molecule has 0 rings (SSSR count). The summed E-state index contributed by atoms with van der Waals surface area (Å²) in [5.41, 5.74) is 3.68. The van der Waals surface area contributed by atoms with E-state index >= 15 is 0 Å². The minimum absolute atomic E-state index is 0.117. The van der Waals surface area contributed by atoms with Gasteiger partial charge in [-0.05, 0) is 49.4 Å². The van der Waals surface area contributed by atoms with Gasteiger partial charge in [-0.2, -0.15) is 13.2 Å². The number of rotatable bonds is 23. The molecule has 0 heterocycles. The standard InChI is InChI=1S/C22H43N3O4.C15H29N3O5.C2HF3O2/c1-12(2)10-17(16(9)26)23-21(28)20(15(7)8)25-22(29)19(14(5)6)24-18(27)11-13(3)4;1-4-13(20)17-10(5-6-16)15(23)18-11(7-9(2)3)12(19)8-14(21)22;3-2(4,5)1(6)7/h12-17,19-20,26H,10-11H2,1-9H3,(H,23,28)(H,24,27)(H,25,29);9-12,19H,4-8,16H2,1-3H3,(H,17,20)(H,18,23)(H,21,22);(H,6,7)/p+1/t16-,17-,19-,20-;10-,11-,12-;/m00./s1. The number of carboxylic acids is 2. The van der Waals surface area contributed by atoms with E-state index in [1.807, 2.05) is 69.2 Å². The molecule has 20 heteroatoms. The highest BCUT2D eigenvalue weighted by Crippen LogP contribution is 2.14. The highest BCUT2D eigenvalue weighted by atomic mass is 19.4. The molecule has 346 valence electrons. The molecular formula is C39H74F3N6O11+. The van der Waals surface area contributed by atoms with Crippen LogP contribution in [0.5, 0.6) is 0 Å². The third-order valence-electron chi connectivity index (χ3n) is 8.35.